The quantitative estimate of drug-likeness (QED) is 0.813. The molecule has 1 aromatic carbocycles. The third-order valence-corrected chi connectivity index (χ3v) is 4.32. The van der Waals surface area contributed by atoms with E-state index in [9.17, 15) is 4.39 Å². The van der Waals surface area contributed by atoms with Gasteiger partial charge in [0.1, 0.15) is 12.5 Å². The second-order valence-corrected chi connectivity index (χ2v) is 6.00. The SMILES string of the molecule is CSc1ccc(C2=NCN(c3cnn(C)c3)C=C2C)cc1F. The third kappa shape index (κ3) is 2.78. The molecule has 0 saturated carbocycles. The average molecular weight is 316 g/mol. The molecule has 3 rings (SSSR count). The minimum atomic E-state index is -0.199. The van der Waals surface area contributed by atoms with Gasteiger partial charge in [0, 0.05) is 29.9 Å². The van der Waals surface area contributed by atoms with E-state index in [0.717, 1.165) is 22.5 Å². The first-order valence-corrected chi connectivity index (χ1v) is 8.13. The Labute approximate surface area is 133 Å². The Hall–Kier alpha value is -2.08. The van der Waals surface area contributed by atoms with Crippen LogP contribution in [-0.2, 0) is 7.05 Å². The van der Waals surface area contributed by atoms with Crippen molar-refractivity contribution < 1.29 is 4.39 Å². The Bertz CT molecular complexity index is 763. The number of hydrogen-bond donors (Lipinski definition) is 0. The predicted octanol–water partition coefficient (Wildman–Crippen LogP) is 3.45. The Morgan fingerprint density at radius 1 is 1.32 bits per heavy atom. The van der Waals surface area contributed by atoms with Crippen LogP contribution in [0.3, 0.4) is 0 Å². The van der Waals surface area contributed by atoms with E-state index >= 15 is 0 Å². The van der Waals surface area contributed by atoms with Gasteiger partial charge in [0.05, 0.1) is 17.6 Å². The minimum absolute atomic E-state index is 0.199. The van der Waals surface area contributed by atoms with Crippen molar-refractivity contribution in [1.82, 2.24) is 9.78 Å². The summed E-state index contributed by atoms with van der Waals surface area (Å²) < 4.78 is 15.7. The van der Waals surface area contributed by atoms with Gasteiger partial charge in [-0.05, 0) is 30.9 Å². The Balaban J connectivity index is 1.87. The molecule has 22 heavy (non-hydrogen) atoms. The van der Waals surface area contributed by atoms with Crippen LogP contribution in [0.2, 0.25) is 0 Å². The molecule has 0 bridgehead atoms. The Morgan fingerprint density at radius 3 is 2.73 bits per heavy atom. The molecule has 0 saturated heterocycles. The summed E-state index contributed by atoms with van der Waals surface area (Å²) in [5.74, 6) is -0.199. The van der Waals surface area contributed by atoms with Gasteiger partial charge in [-0.3, -0.25) is 9.67 Å². The van der Waals surface area contributed by atoms with Gasteiger partial charge >= 0.3 is 0 Å². The van der Waals surface area contributed by atoms with Gasteiger partial charge in [-0.2, -0.15) is 5.10 Å². The molecule has 0 radical (unpaired) electrons. The van der Waals surface area contributed by atoms with E-state index in [1.807, 2.05) is 43.6 Å². The molecule has 0 aliphatic carbocycles. The van der Waals surface area contributed by atoms with E-state index in [0.29, 0.717) is 11.6 Å². The van der Waals surface area contributed by atoms with E-state index < -0.39 is 0 Å². The van der Waals surface area contributed by atoms with Crippen molar-refractivity contribution in [2.45, 2.75) is 11.8 Å². The number of hydrogen-bond acceptors (Lipinski definition) is 4. The van der Waals surface area contributed by atoms with Crippen LogP contribution in [0.1, 0.15) is 12.5 Å². The van der Waals surface area contributed by atoms with Gasteiger partial charge in [-0.1, -0.05) is 6.07 Å². The van der Waals surface area contributed by atoms with Crippen molar-refractivity contribution in [2.75, 3.05) is 17.8 Å². The van der Waals surface area contributed by atoms with E-state index in [1.165, 1.54) is 11.8 Å². The summed E-state index contributed by atoms with van der Waals surface area (Å²) in [6.07, 6.45) is 7.64. The summed E-state index contributed by atoms with van der Waals surface area (Å²) >= 11 is 1.40. The van der Waals surface area contributed by atoms with E-state index in [-0.39, 0.29) is 5.82 Å². The number of nitrogens with zero attached hydrogens (tertiary/aromatic N) is 4. The topological polar surface area (TPSA) is 33.4 Å². The summed E-state index contributed by atoms with van der Waals surface area (Å²) in [5.41, 5.74) is 3.65. The number of aliphatic imine (C=N–C) groups is 1. The third-order valence-electron chi connectivity index (χ3n) is 3.55. The van der Waals surface area contributed by atoms with Crippen molar-refractivity contribution in [3.8, 4) is 0 Å². The summed E-state index contributed by atoms with van der Waals surface area (Å²) in [6.45, 7) is 2.49. The highest BCUT2D eigenvalue weighted by Gasteiger charge is 2.16. The molecule has 4 nitrogen and oxygen atoms in total. The molecule has 2 aromatic rings. The lowest BCUT2D eigenvalue weighted by atomic mass is 10.0. The molecular formula is C16H17FN4S. The highest BCUT2D eigenvalue weighted by molar-refractivity contribution is 7.98. The van der Waals surface area contributed by atoms with Gasteiger partial charge in [0.15, 0.2) is 0 Å². The number of aryl methyl sites for hydroxylation is 1. The zero-order chi connectivity index (χ0) is 15.7. The van der Waals surface area contributed by atoms with Crippen molar-refractivity contribution in [3.63, 3.8) is 0 Å². The fourth-order valence-electron chi connectivity index (χ4n) is 2.45. The molecular weight excluding hydrogens is 299 g/mol. The monoisotopic (exact) mass is 316 g/mol. The molecule has 2 heterocycles. The summed E-state index contributed by atoms with van der Waals surface area (Å²) in [6, 6.07) is 5.28. The highest BCUT2D eigenvalue weighted by Crippen LogP contribution is 2.24. The lowest BCUT2D eigenvalue weighted by molar-refractivity contribution is 0.602. The first-order chi connectivity index (χ1) is 10.6. The van der Waals surface area contributed by atoms with Gasteiger partial charge in [-0.25, -0.2) is 4.39 Å². The number of anilines is 1. The fraction of sp³-hybridized carbons (Fsp3) is 0.250. The second-order valence-electron chi connectivity index (χ2n) is 5.15. The molecule has 0 N–H and O–H groups in total. The van der Waals surface area contributed by atoms with Crippen LogP contribution in [0.4, 0.5) is 10.1 Å². The molecule has 1 aliphatic heterocycles. The number of aromatic nitrogens is 2. The van der Waals surface area contributed by atoms with Gasteiger partial charge < -0.3 is 4.90 Å². The zero-order valence-electron chi connectivity index (χ0n) is 12.7. The van der Waals surface area contributed by atoms with Gasteiger partial charge in [0.25, 0.3) is 0 Å². The number of rotatable bonds is 3. The van der Waals surface area contributed by atoms with E-state index in [4.69, 9.17) is 0 Å². The standard InChI is InChI=1S/C16H17FN4S/c1-11-8-21(13-7-19-20(2)9-13)10-18-16(11)12-4-5-15(22-3)14(17)6-12/h4-9H,10H2,1-3H3. The maximum absolute atomic E-state index is 14.0. The summed E-state index contributed by atoms with van der Waals surface area (Å²) in [7, 11) is 1.88. The van der Waals surface area contributed by atoms with Crippen LogP contribution in [0.25, 0.3) is 0 Å². The first-order valence-electron chi connectivity index (χ1n) is 6.91. The lowest BCUT2D eigenvalue weighted by Crippen LogP contribution is -2.24. The Morgan fingerprint density at radius 2 is 2.14 bits per heavy atom. The van der Waals surface area contributed by atoms with Crippen LogP contribution in [0.15, 0.2) is 52.3 Å². The Kier molecular flexibility index (Phi) is 4.02. The molecule has 1 aliphatic rings. The second kappa shape index (κ2) is 5.96. The number of thioether (sulfide) groups is 1. The maximum atomic E-state index is 14.0. The van der Waals surface area contributed by atoms with E-state index in [1.54, 1.807) is 23.0 Å². The zero-order valence-corrected chi connectivity index (χ0v) is 13.6. The van der Waals surface area contributed by atoms with Gasteiger partial charge in [-0.15, -0.1) is 11.8 Å². The predicted molar refractivity (Wildman–Crippen MR) is 89.0 cm³/mol. The molecule has 6 heteroatoms. The van der Waals surface area contributed by atoms with Crippen LogP contribution in [-0.4, -0.2) is 28.4 Å². The maximum Gasteiger partial charge on any atom is 0.137 e. The van der Waals surface area contributed by atoms with Crippen molar-refractivity contribution in [1.29, 1.82) is 0 Å². The number of benzene rings is 1. The van der Waals surface area contributed by atoms with E-state index in [2.05, 4.69) is 10.1 Å². The average Bonchev–Trinajstić information content (AvgIpc) is 2.93. The number of halogens is 1. The largest absolute Gasteiger partial charge is 0.325 e. The molecule has 0 amide bonds. The lowest BCUT2D eigenvalue weighted by Gasteiger charge is -2.23. The summed E-state index contributed by atoms with van der Waals surface area (Å²) in [4.78, 5) is 7.29. The first kappa shape index (κ1) is 14.8. The smallest absolute Gasteiger partial charge is 0.137 e. The van der Waals surface area contributed by atoms with Crippen LogP contribution < -0.4 is 4.90 Å². The van der Waals surface area contributed by atoms with Gasteiger partial charge in [0.2, 0.25) is 0 Å². The molecule has 114 valence electrons. The number of allylic oxidation sites excluding steroid dienone is 1. The molecule has 0 spiro atoms. The molecule has 0 atom stereocenters. The molecule has 0 unspecified atom stereocenters. The summed E-state index contributed by atoms with van der Waals surface area (Å²) in [5, 5.41) is 4.17. The highest BCUT2D eigenvalue weighted by atomic mass is 32.2. The fourth-order valence-corrected chi connectivity index (χ4v) is 2.91. The van der Waals surface area contributed by atoms with Crippen molar-refractivity contribution in [3.05, 3.63) is 53.7 Å². The normalized spacial score (nSPS) is 14.8. The molecule has 1 aromatic heterocycles. The minimum Gasteiger partial charge on any atom is -0.325 e. The van der Waals surface area contributed by atoms with Crippen LogP contribution >= 0.6 is 11.8 Å². The molecule has 0 fully saturated rings. The van der Waals surface area contributed by atoms with Crippen LogP contribution in [0, 0.1) is 5.82 Å². The van der Waals surface area contributed by atoms with Crippen molar-refractivity contribution >= 4 is 23.2 Å². The van der Waals surface area contributed by atoms with Crippen molar-refractivity contribution in [2.24, 2.45) is 12.0 Å². The van der Waals surface area contributed by atoms with Crippen LogP contribution in [0.5, 0.6) is 0 Å².